The third kappa shape index (κ3) is 3.50. The Labute approximate surface area is 117 Å². The molecule has 2 heterocycles. The summed E-state index contributed by atoms with van der Waals surface area (Å²) in [4.78, 5) is 8.10. The van der Waals surface area contributed by atoms with E-state index in [0.717, 1.165) is 6.42 Å². The van der Waals surface area contributed by atoms with E-state index in [2.05, 4.69) is 30.8 Å². The molecule has 0 atom stereocenters. The second kappa shape index (κ2) is 6.10. The summed E-state index contributed by atoms with van der Waals surface area (Å²) in [6.45, 7) is 1.30. The number of fused-ring (bicyclic) bond motifs is 1. The molecule has 0 radical (unpaired) electrons. The van der Waals surface area contributed by atoms with Gasteiger partial charge in [-0.3, -0.25) is 5.10 Å². The summed E-state index contributed by atoms with van der Waals surface area (Å²) >= 11 is 0. The smallest absolute Gasteiger partial charge is 0.324 e. The molecule has 0 fully saturated rings. The molecule has 21 heavy (non-hydrogen) atoms. The van der Waals surface area contributed by atoms with Gasteiger partial charge in [-0.25, -0.2) is 8.78 Å². The quantitative estimate of drug-likeness (QED) is 0.685. The van der Waals surface area contributed by atoms with E-state index in [1.165, 1.54) is 6.20 Å². The number of aromatic amines is 1. The topological polar surface area (TPSA) is 78.5 Å². The molecule has 3 N–H and O–H groups in total. The maximum absolute atomic E-state index is 13.0. The van der Waals surface area contributed by atoms with Gasteiger partial charge < -0.3 is 10.6 Å². The van der Waals surface area contributed by atoms with Gasteiger partial charge in [0.05, 0.1) is 18.1 Å². The lowest BCUT2D eigenvalue weighted by molar-refractivity contribution is -0.117. The first kappa shape index (κ1) is 15.3. The van der Waals surface area contributed by atoms with Crippen molar-refractivity contribution in [3.8, 4) is 0 Å². The van der Waals surface area contributed by atoms with E-state index < -0.39 is 18.9 Å². The number of hydrogen-bond acceptors (Lipinski definition) is 5. The fraction of sp³-hybridized carbons (Fsp3) is 0.545. The lowest BCUT2D eigenvalue weighted by atomic mass is 10.3. The summed E-state index contributed by atoms with van der Waals surface area (Å²) in [5.74, 6) is -3.91. The molecule has 0 unspecified atom stereocenters. The first-order chi connectivity index (χ1) is 9.94. The number of nitrogens with one attached hydrogen (secondary N) is 3. The SMILES string of the molecule is CCCNc1nc(NCC(F)(F)C(F)F)c2cn[nH]c2n1. The molecule has 0 aliphatic carbocycles. The molecule has 10 heteroatoms. The predicted molar refractivity (Wildman–Crippen MR) is 69.9 cm³/mol. The second-order valence-electron chi connectivity index (χ2n) is 4.37. The van der Waals surface area contributed by atoms with Crippen LogP contribution in [0, 0.1) is 0 Å². The number of aromatic nitrogens is 4. The predicted octanol–water partition coefficient (Wildman–Crippen LogP) is 2.49. The molecule has 116 valence electrons. The van der Waals surface area contributed by atoms with Gasteiger partial charge in [-0.2, -0.15) is 23.8 Å². The minimum Gasteiger partial charge on any atom is -0.363 e. The summed E-state index contributed by atoms with van der Waals surface area (Å²) in [7, 11) is 0. The maximum atomic E-state index is 13.0. The molecule has 2 aromatic heterocycles. The van der Waals surface area contributed by atoms with E-state index in [-0.39, 0.29) is 11.8 Å². The van der Waals surface area contributed by atoms with Gasteiger partial charge in [0, 0.05) is 6.54 Å². The van der Waals surface area contributed by atoms with Crippen molar-refractivity contribution in [3.63, 3.8) is 0 Å². The molecule has 0 saturated heterocycles. The van der Waals surface area contributed by atoms with Crippen LogP contribution in [0.4, 0.5) is 29.3 Å². The fourth-order valence-electron chi connectivity index (χ4n) is 1.56. The Bertz CT molecular complexity index is 599. The molecule has 0 aromatic carbocycles. The molecular weight excluding hydrogens is 292 g/mol. The largest absolute Gasteiger partial charge is 0.363 e. The van der Waals surface area contributed by atoms with Crippen LogP contribution in [0.2, 0.25) is 0 Å². The van der Waals surface area contributed by atoms with E-state index in [1.807, 2.05) is 6.92 Å². The van der Waals surface area contributed by atoms with Gasteiger partial charge in [-0.15, -0.1) is 0 Å². The Kier molecular flexibility index (Phi) is 4.43. The van der Waals surface area contributed by atoms with E-state index in [1.54, 1.807) is 0 Å². The van der Waals surface area contributed by atoms with Crippen LogP contribution in [0.25, 0.3) is 11.0 Å². The van der Waals surface area contributed by atoms with Crippen molar-refractivity contribution in [2.24, 2.45) is 0 Å². The molecule has 2 aromatic rings. The van der Waals surface area contributed by atoms with Crippen molar-refractivity contribution in [3.05, 3.63) is 6.20 Å². The van der Waals surface area contributed by atoms with Crippen molar-refractivity contribution in [1.82, 2.24) is 20.2 Å². The van der Waals surface area contributed by atoms with E-state index in [0.29, 0.717) is 17.6 Å². The van der Waals surface area contributed by atoms with Crippen LogP contribution in [0.15, 0.2) is 6.20 Å². The summed E-state index contributed by atoms with van der Waals surface area (Å²) < 4.78 is 50.3. The standard InChI is InChI=1S/C11H14F4N6/c1-2-3-16-10-19-7(6-4-18-21-8(6)20-10)17-5-11(14,15)9(12)13/h4,9H,2-3,5H2,1H3,(H3,16,17,18,19,20,21). The Morgan fingerprint density at radius 3 is 2.71 bits per heavy atom. The van der Waals surface area contributed by atoms with Crippen LogP contribution in [0.1, 0.15) is 13.3 Å². The number of halogens is 4. The lowest BCUT2D eigenvalue weighted by Gasteiger charge is -2.16. The van der Waals surface area contributed by atoms with Crippen LogP contribution < -0.4 is 10.6 Å². The van der Waals surface area contributed by atoms with Crippen molar-refractivity contribution in [2.75, 3.05) is 23.7 Å². The van der Waals surface area contributed by atoms with Crippen molar-refractivity contribution >= 4 is 22.8 Å². The zero-order valence-corrected chi connectivity index (χ0v) is 11.1. The molecule has 0 bridgehead atoms. The maximum Gasteiger partial charge on any atom is 0.324 e. The number of hydrogen-bond donors (Lipinski definition) is 3. The summed E-state index contributed by atoms with van der Waals surface area (Å²) in [6, 6.07) is 0. The lowest BCUT2D eigenvalue weighted by Crippen LogP contribution is -2.35. The molecule has 0 saturated carbocycles. The van der Waals surface area contributed by atoms with Crippen molar-refractivity contribution in [2.45, 2.75) is 25.7 Å². The van der Waals surface area contributed by atoms with E-state index >= 15 is 0 Å². The van der Waals surface area contributed by atoms with Crippen LogP contribution in [-0.4, -0.2) is 45.6 Å². The number of rotatable bonds is 7. The highest BCUT2D eigenvalue weighted by atomic mass is 19.3. The second-order valence-corrected chi connectivity index (χ2v) is 4.37. The van der Waals surface area contributed by atoms with Crippen LogP contribution >= 0.6 is 0 Å². The number of alkyl halides is 4. The minimum atomic E-state index is -4.14. The van der Waals surface area contributed by atoms with Crippen LogP contribution in [0.3, 0.4) is 0 Å². The third-order valence-electron chi connectivity index (χ3n) is 2.65. The van der Waals surface area contributed by atoms with Gasteiger partial charge >= 0.3 is 12.3 Å². The van der Waals surface area contributed by atoms with Gasteiger partial charge in [0.2, 0.25) is 5.95 Å². The summed E-state index contributed by atoms with van der Waals surface area (Å²) in [6.07, 6.45) is -1.59. The zero-order chi connectivity index (χ0) is 15.5. The average molecular weight is 306 g/mol. The van der Waals surface area contributed by atoms with Gasteiger partial charge in [0.1, 0.15) is 5.82 Å². The molecule has 2 rings (SSSR count). The number of nitrogens with zero attached hydrogens (tertiary/aromatic N) is 3. The first-order valence-electron chi connectivity index (χ1n) is 6.29. The molecule has 0 amide bonds. The van der Waals surface area contributed by atoms with Crippen molar-refractivity contribution < 1.29 is 17.6 Å². The fourth-order valence-corrected chi connectivity index (χ4v) is 1.56. The highest BCUT2D eigenvalue weighted by Crippen LogP contribution is 2.25. The monoisotopic (exact) mass is 306 g/mol. The van der Waals surface area contributed by atoms with Gasteiger partial charge in [0.15, 0.2) is 5.65 Å². The third-order valence-corrected chi connectivity index (χ3v) is 2.65. The highest BCUT2D eigenvalue weighted by molar-refractivity contribution is 5.86. The van der Waals surface area contributed by atoms with Crippen LogP contribution in [-0.2, 0) is 0 Å². The molecule has 6 nitrogen and oxygen atoms in total. The van der Waals surface area contributed by atoms with E-state index in [9.17, 15) is 17.6 Å². The molecule has 0 spiro atoms. The Morgan fingerprint density at radius 2 is 2.05 bits per heavy atom. The number of anilines is 2. The van der Waals surface area contributed by atoms with Gasteiger partial charge in [-0.05, 0) is 6.42 Å². The first-order valence-corrected chi connectivity index (χ1v) is 6.29. The zero-order valence-electron chi connectivity index (χ0n) is 11.1. The van der Waals surface area contributed by atoms with Gasteiger partial charge in [-0.1, -0.05) is 6.92 Å². The summed E-state index contributed by atoms with van der Waals surface area (Å²) in [5, 5.41) is 11.8. The summed E-state index contributed by atoms with van der Waals surface area (Å²) in [5.41, 5.74) is 0.325. The Hall–Kier alpha value is -2.13. The molecule has 0 aliphatic rings. The Balaban J connectivity index is 2.22. The number of H-pyrrole nitrogens is 1. The molecule has 0 aliphatic heterocycles. The minimum absolute atomic E-state index is 0.0210. The van der Waals surface area contributed by atoms with Crippen LogP contribution in [0.5, 0.6) is 0 Å². The van der Waals surface area contributed by atoms with Crippen molar-refractivity contribution in [1.29, 1.82) is 0 Å². The Morgan fingerprint density at radius 1 is 1.29 bits per heavy atom. The average Bonchev–Trinajstić information content (AvgIpc) is 2.90. The normalized spacial score (nSPS) is 12.1. The molecular formula is C11H14F4N6. The highest BCUT2D eigenvalue weighted by Gasteiger charge is 2.40. The van der Waals surface area contributed by atoms with Gasteiger partial charge in [0.25, 0.3) is 0 Å². The van der Waals surface area contributed by atoms with E-state index in [4.69, 9.17) is 0 Å².